The van der Waals surface area contributed by atoms with Crippen LogP contribution >= 0.6 is 0 Å². The van der Waals surface area contributed by atoms with Gasteiger partial charge < -0.3 is 19.3 Å². The summed E-state index contributed by atoms with van der Waals surface area (Å²) < 4.78 is 44.4. The van der Waals surface area contributed by atoms with E-state index in [0.717, 1.165) is 3.97 Å². The normalized spacial score (nSPS) is 11.4. The molecule has 1 heterocycles. The van der Waals surface area contributed by atoms with Crippen molar-refractivity contribution in [3.63, 3.8) is 0 Å². The van der Waals surface area contributed by atoms with Crippen molar-refractivity contribution in [2.45, 2.75) is 11.5 Å². The van der Waals surface area contributed by atoms with Crippen molar-refractivity contribution >= 4 is 26.7 Å². The molecular formula is C25H23NO7S. The number of hydrogen-bond donors (Lipinski definition) is 1. The monoisotopic (exact) mass is 481 g/mol. The van der Waals surface area contributed by atoms with Crippen LogP contribution in [0, 0.1) is 0 Å². The van der Waals surface area contributed by atoms with Gasteiger partial charge in [-0.2, -0.15) is 0 Å². The third-order valence-electron chi connectivity index (χ3n) is 5.45. The predicted molar refractivity (Wildman–Crippen MR) is 126 cm³/mol. The fourth-order valence-electron chi connectivity index (χ4n) is 3.81. The van der Waals surface area contributed by atoms with Crippen molar-refractivity contribution in [3.05, 3.63) is 83.6 Å². The Bertz CT molecular complexity index is 1450. The Morgan fingerprint density at radius 2 is 1.53 bits per heavy atom. The summed E-state index contributed by atoms with van der Waals surface area (Å²) in [5.74, 6) is 0.287. The maximum absolute atomic E-state index is 13.7. The number of methoxy groups -OCH3 is 3. The fraction of sp³-hybridized carbons (Fsp3) is 0.160. The van der Waals surface area contributed by atoms with E-state index in [9.17, 15) is 18.3 Å². The summed E-state index contributed by atoms with van der Waals surface area (Å²) in [5.41, 5.74) is 0.998. The summed E-state index contributed by atoms with van der Waals surface area (Å²) in [5, 5.41) is 10.0. The Morgan fingerprint density at radius 1 is 0.882 bits per heavy atom. The maximum atomic E-state index is 13.7. The van der Waals surface area contributed by atoms with E-state index in [0.29, 0.717) is 22.2 Å². The number of rotatable bonds is 8. The van der Waals surface area contributed by atoms with Gasteiger partial charge in [0.05, 0.1) is 38.3 Å². The highest BCUT2D eigenvalue weighted by Crippen LogP contribution is 2.39. The second-order valence-corrected chi connectivity index (χ2v) is 9.19. The van der Waals surface area contributed by atoms with Crippen molar-refractivity contribution in [2.75, 3.05) is 21.3 Å². The van der Waals surface area contributed by atoms with Gasteiger partial charge in [0.25, 0.3) is 10.0 Å². The molecular weight excluding hydrogens is 458 g/mol. The molecule has 0 fully saturated rings. The molecule has 0 radical (unpaired) electrons. The van der Waals surface area contributed by atoms with Gasteiger partial charge in [0, 0.05) is 10.9 Å². The molecule has 4 aromatic rings. The number of benzene rings is 3. The van der Waals surface area contributed by atoms with Crippen LogP contribution in [0.25, 0.3) is 10.9 Å². The highest BCUT2D eigenvalue weighted by molar-refractivity contribution is 7.90. The van der Waals surface area contributed by atoms with Crippen LogP contribution < -0.4 is 14.2 Å². The zero-order chi connectivity index (χ0) is 24.5. The molecule has 0 saturated heterocycles. The average molecular weight is 482 g/mol. The Morgan fingerprint density at radius 3 is 2.09 bits per heavy atom. The van der Waals surface area contributed by atoms with E-state index in [4.69, 9.17) is 14.2 Å². The second kappa shape index (κ2) is 9.20. The zero-order valence-corrected chi connectivity index (χ0v) is 19.6. The minimum Gasteiger partial charge on any atom is -0.493 e. The number of ketones is 1. The SMILES string of the molecule is COc1cc(C(=O)c2cc3cc(CO)ccc3n2S(=O)(=O)c2ccccc2)cc(OC)c1OC. The number of aromatic nitrogens is 1. The van der Waals surface area contributed by atoms with Gasteiger partial charge in [0.2, 0.25) is 11.5 Å². The second-order valence-electron chi connectivity index (χ2n) is 7.41. The number of ether oxygens (including phenoxy) is 3. The summed E-state index contributed by atoms with van der Waals surface area (Å²) in [6.45, 7) is -0.220. The van der Waals surface area contributed by atoms with Gasteiger partial charge in [-0.1, -0.05) is 24.3 Å². The number of carbonyl (C=O) groups excluding carboxylic acids is 1. The molecule has 0 spiro atoms. The minimum atomic E-state index is -4.12. The smallest absolute Gasteiger partial charge is 0.268 e. The molecule has 8 nitrogen and oxygen atoms in total. The summed E-state index contributed by atoms with van der Waals surface area (Å²) in [6, 6.07) is 17.2. The molecule has 0 atom stereocenters. The van der Waals surface area contributed by atoms with Crippen LogP contribution in [-0.4, -0.2) is 44.6 Å². The number of aliphatic hydroxyl groups is 1. The Hall–Kier alpha value is -3.82. The number of nitrogens with zero attached hydrogens (tertiary/aromatic N) is 1. The molecule has 9 heteroatoms. The lowest BCUT2D eigenvalue weighted by molar-refractivity contribution is 0.103. The van der Waals surface area contributed by atoms with Gasteiger partial charge in [0.15, 0.2) is 11.5 Å². The zero-order valence-electron chi connectivity index (χ0n) is 18.8. The van der Waals surface area contributed by atoms with Crippen molar-refractivity contribution in [1.82, 2.24) is 3.97 Å². The first kappa shape index (κ1) is 23.3. The van der Waals surface area contributed by atoms with E-state index in [-0.39, 0.29) is 34.3 Å². The van der Waals surface area contributed by atoms with E-state index in [1.54, 1.807) is 36.4 Å². The van der Waals surface area contributed by atoms with Crippen LogP contribution in [0.5, 0.6) is 17.2 Å². The molecule has 0 aliphatic carbocycles. The van der Waals surface area contributed by atoms with E-state index in [1.165, 1.54) is 51.7 Å². The van der Waals surface area contributed by atoms with E-state index >= 15 is 0 Å². The molecule has 0 unspecified atom stereocenters. The highest BCUT2D eigenvalue weighted by atomic mass is 32.2. The van der Waals surface area contributed by atoms with Crippen LogP contribution in [0.4, 0.5) is 0 Å². The van der Waals surface area contributed by atoms with Crippen molar-refractivity contribution in [1.29, 1.82) is 0 Å². The molecule has 1 N–H and O–H groups in total. The number of aliphatic hydroxyl groups excluding tert-OH is 1. The first-order valence-corrected chi connectivity index (χ1v) is 11.7. The molecule has 0 bridgehead atoms. The molecule has 0 aliphatic heterocycles. The van der Waals surface area contributed by atoms with E-state index < -0.39 is 15.8 Å². The predicted octanol–water partition coefficient (Wildman–Crippen LogP) is 3.63. The summed E-state index contributed by atoms with van der Waals surface area (Å²) >= 11 is 0. The molecule has 0 amide bonds. The van der Waals surface area contributed by atoms with E-state index in [2.05, 4.69) is 0 Å². The van der Waals surface area contributed by atoms with Crippen molar-refractivity contribution in [3.8, 4) is 17.2 Å². The van der Waals surface area contributed by atoms with Gasteiger partial charge in [-0.05, 0) is 48.0 Å². The number of carbonyl (C=O) groups is 1. The molecule has 3 aromatic carbocycles. The molecule has 34 heavy (non-hydrogen) atoms. The molecule has 1 aromatic heterocycles. The lowest BCUT2D eigenvalue weighted by Gasteiger charge is -2.15. The Labute approximate surface area is 197 Å². The third-order valence-corrected chi connectivity index (χ3v) is 7.19. The topological polar surface area (TPSA) is 104 Å². The van der Waals surface area contributed by atoms with Gasteiger partial charge in [-0.3, -0.25) is 4.79 Å². The third kappa shape index (κ3) is 3.89. The van der Waals surface area contributed by atoms with Crippen LogP contribution in [-0.2, 0) is 16.6 Å². The lowest BCUT2D eigenvalue weighted by Crippen LogP contribution is -2.19. The van der Waals surface area contributed by atoms with Crippen LogP contribution in [0.15, 0.2) is 71.6 Å². The highest BCUT2D eigenvalue weighted by Gasteiger charge is 2.28. The maximum Gasteiger partial charge on any atom is 0.268 e. The first-order chi connectivity index (χ1) is 16.3. The van der Waals surface area contributed by atoms with Crippen molar-refractivity contribution < 1.29 is 32.5 Å². The average Bonchev–Trinajstić information content (AvgIpc) is 3.27. The summed E-state index contributed by atoms with van der Waals surface area (Å²) in [4.78, 5) is 13.8. The van der Waals surface area contributed by atoms with Gasteiger partial charge >= 0.3 is 0 Å². The van der Waals surface area contributed by atoms with Crippen LogP contribution in [0.2, 0.25) is 0 Å². The molecule has 176 valence electrons. The molecule has 4 rings (SSSR count). The molecule has 0 aliphatic rings. The summed E-state index contributed by atoms with van der Waals surface area (Å²) in [6.07, 6.45) is 0. The quantitative estimate of drug-likeness (QED) is 0.383. The molecule has 0 saturated carbocycles. The van der Waals surface area contributed by atoms with Crippen LogP contribution in [0.1, 0.15) is 21.6 Å². The van der Waals surface area contributed by atoms with Gasteiger partial charge in [-0.25, -0.2) is 12.4 Å². The number of hydrogen-bond acceptors (Lipinski definition) is 7. The fourth-order valence-corrected chi connectivity index (χ4v) is 5.34. The van der Waals surface area contributed by atoms with Crippen molar-refractivity contribution in [2.24, 2.45) is 0 Å². The minimum absolute atomic E-state index is 0.0395. The first-order valence-electron chi connectivity index (χ1n) is 10.3. The van der Waals surface area contributed by atoms with Gasteiger partial charge in [-0.15, -0.1) is 0 Å². The standard InChI is InChI=1S/C25H23NO7S/c1-31-22-13-18(14-23(32-2)25(22)33-3)24(28)21-12-17-11-16(15-27)9-10-20(17)26(21)34(29,30)19-7-5-4-6-8-19/h4-14,27H,15H2,1-3H3. The number of fused-ring (bicyclic) bond motifs is 1. The Balaban J connectivity index is 1.99. The summed E-state index contributed by atoms with van der Waals surface area (Å²) in [7, 11) is 0.185. The van der Waals surface area contributed by atoms with E-state index in [1.807, 2.05) is 0 Å². The van der Waals surface area contributed by atoms with Gasteiger partial charge in [0.1, 0.15) is 5.69 Å². The lowest BCUT2D eigenvalue weighted by atomic mass is 10.1. The largest absolute Gasteiger partial charge is 0.493 e. The Kier molecular flexibility index (Phi) is 6.32. The van der Waals surface area contributed by atoms with Crippen LogP contribution in [0.3, 0.4) is 0 Å².